The monoisotopic (exact) mass is 259 g/mol. The van der Waals surface area contributed by atoms with Crippen LogP contribution in [0.1, 0.15) is 41.4 Å². The second-order valence-corrected chi connectivity index (χ2v) is 4.85. The number of aliphatic hydroxyl groups excluding tert-OH is 1. The van der Waals surface area contributed by atoms with Crippen molar-refractivity contribution in [2.24, 2.45) is 5.73 Å². The van der Waals surface area contributed by atoms with E-state index < -0.39 is 6.10 Å². The van der Waals surface area contributed by atoms with Gasteiger partial charge in [-0.2, -0.15) is 0 Å². The van der Waals surface area contributed by atoms with Gasteiger partial charge in [0, 0.05) is 24.4 Å². The van der Waals surface area contributed by atoms with Crippen molar-refractivity contribution < 1.29 is 9.52 Å². The highest BCUT2D eigenvalue weighted by atomic mass is 16.3. The van der Waals surface area contributed by atoms with Gasteiger partial charge in [0.15, 0.2) is 0 Å². The third kappa shape index (κ3) is 2.88. The van der Waals surface area contributed by atoms with Gasteiger partial charge in [-0.05, 0) is 18.6 Å². The molecular formula is C16H21NO2. The number of nitrogens with two attached hydrogens (primary N) is 1. The summed E-state index contributed by atoms with van der Waals surface area (Å²) in [5.74, 6) is 0.724. The molecule has 0 saturated heterocycles. The molecule has 0 amide bonds. The van der Waals surface area contributed by atoms with Crippen molar-refractivity contribution >= 4 is 0 Å². The van der Waals surface area contributed by atoms with Gasteiger partial charge in [-0.3, -0.25) is 0 Å². The van der Waals surface area contributed by atoms with Crippen LogP contribution >= 0.6 is 0 Å². The van der Waals surface area contributed by atoms with Crippen molar-refractivity contribution in [3.8, 4) is 0 Å². The predicted molar refractivity (Wildman–Crippen MR) is 76.0 cm³/mol. The standard InChI is InChI=1S/C16H21NO2/c1-3-15-13(8-9-19-15)16(18)14(10-17)12-6-4-11(2)5-7-12/h4-9,14,16,18H,3,10,17H2,1-2H3. The Hall–Kier alpha value is -1.58. The van der Waals surface area contributed by atoms with Crippen molar-refractivity contribution in [3.63, 3.8) is 0 Å². The minimum Gasteiger partial charge on any atom is -0.469 e. The lowest BCUT2D eigenvalue weighted by atomic mass is 9.88. The van der Waals surface area contributed by atoms with E-state index in [9.17, 15) is 5.11 Å². The maximum absolute atomic E-state index is 10.6. The number of hydrogen-bond acceptors (Lipinski definition) is 3. The van der Waals surface area contributed by atoms with E-state index in [1.54, 1.807) is 6.26 Å². The Kier molecular flexibility index (Phi) is 4.40. The molecule has 2 atom stereocenters. The first-order valence-electron chi connectivity index (χ1n) is 6.68. The maximum Gasteiger partial charge on any atom is 0.109 e. The molecule has 2 aromatic rings. The molecule has 102 valence electrons. The molecule has 0 aliphatic rings. The van der Waals surface area contributed by atoms with Gasteiger partial charge in [0.1, 0.15) is 5.76 Å². The molecule has 2 rings (SSSR count). The van der Waals surface area contributed by atoms with Gasteiger partial charge in [-0.25, -0.2) is 0 Å². The van der Waals surface area contributed by atoms with E-state index in [2.05, 4.69) is 0 Å². The molecule has 0 aliphatic heterocycles. The molecule has 0 fully saturated rings. The normalized spacial score (nSPS) is 14.3. The van der Waals surface area contributed by atoms with Crippen molar-refractivity contribution in [3.05, 3.63) is 59.0 Å². The third-order valence-electron chi connectivity index (χ3n) is 3.56. The van der Waals surface area contributed by atoms with Crippen LogP contribution in [0, 0.1) is 6.92 Å². The Morgan fingerprint density at radius 3 is 2.47 bits per heavy atom. The van der Waals surface area contributed by atoms with E-state index in [1.807, 2.05) is 44.2 Å². The molecule has 2 unspecified atom stereocenters. The van der Waals surface area contributed by atoms with Gasteiger partial charge < -0.3 is 15.3 Å². The Balaban J connectivity index is 2.29. The highest BCUT2D eigenvalue weighted by Gasteiger charge is 2.24. The average Bonchev–Trinajstić information content (AvgIpc) is 2.90. The second-order valence-electron chi connectivity index (χ2n) is 4.85. The zero-order valence-electron chi connectivity index (χ0n) is 11.5. The number of rotatable bonds is 5. The van der Waals surface area contributed by atoms with Crippen LogP contribution in [-0.4, -0.2) is 11.7 Å². The minimum absolute atomic E-state index is 0.108. The summed E-state index contributed by atoms with van der Waals surface area (Å²) in [4.78, 5) is 0. The lowest BCUT2D eigenvalue weighted by Gasteiger charge is -2.22. The number of hydrogen-bond donors (Lipinski definition) is 2. The fourth-order valence-electron chi connectivity index (χ4n) is 2.38. The summed E-state index contributed by atoms with van der Waals surface area (Å²) >= 11 is 0. The molecule has 0 bridgehead atoms. The Bertz CT molecular complexity index is 516. The van der Waals surface area contributed by atoms with E-state index in [1.165, 1.54) is 5.56 Å². The largest absolute Gasteiger partial charge is 0.469 e. The molecule has 3 nitrogen and oxygen atoms in total. The lowest BCUT2D eigenvalue weighted by Crippen LogP contribution is -2.20. The lowest BCUT2D eigenvalue weighted by molar-refractivity contribution is 0.145. The highest BCUT2D eigenvalue weighted by Crippen LogP contribution is 2.32. The van der Waals surface area contributed by atoms with Crippen molar-refractivity contribution in [2.45, 2.75) is 32.3 Å². The van der Waals surface area contributed by atoms with E-state index in [-0.39, 0.29) is 5.92 Å². The zero-order chi connectivity index (χ0) is 13.8. The quantitative estimate of drug-likeness (QED) is 0.868. The number of aryl methyl sites for hydroxylation is 2. The number of furan rings is 1. The number of aliphatic hydroxyl groups is 1. The van der Waals surface area contributed by atoms with Gasteiger partial charge in [-0.1, -0.05) is 36.8 Å². The smallest absolute Gasteiger partial charge is 0.109 e. The van der Waals surface area contributed by atoms with Crippen LogP contribution in [0.3, 0.4) is 0 Å². The first kappa shape index (κ1) is 13.8. The Labute approximate surface area is 114 Å². The van der Waals surface area contributed by atoms with Crippen molar-refractivity contribution in [1.29, 1.82) is 0 Å². The van der Waals surface area contributed by atoms with Gasteiger partial charge in [0.2, 0.25) is 0 Å². The second kappa shape index (κ2) is 6.04. The summed E-state index contributed by atoms with van der Waals surface area (Å²) in [6.07, 6.45) is 1.77. The molecule has 0 aliphatic carbocycles. The van der Waals surface area contributed by atoms with Crippen molar-refractivity contribution in [2.75, 3.05) is 6.54 Å². The van der Waals surface area contributed by atoms with E-state index in [0.717, 1.165) is 23.3 Å². The molecule has 0 spiro atoms. The van der Waals surface area contributed by atoms with E-state index in [4.69, 9.17) is 10.2 Å². The summed E-state index contributed by atoms with van der Waals surface area (Å²) < 4.78 is 5.38. The fourth-order valence-corrected chi connectivity index (χ4v) is 2.38. The number of benzene rings is 1. The fraction of sp³-hybridized carbons (Fsp3) is 0.375. The molecule has 3 heteroatoms. The first-order valence-corrected chi connectivity index (χ1v) is 6.68. The predicted octanol–water partition coefficient (Wildman–Crippen LogP) is 2.93. The highest BCUT2D eigenvalue weighted by molar-refractivity contribution is 5.30. The van der Waals surface area contributed by atoms with Crippen LogP contribution in [0.15, 0.2) is 41.0 Å². The minimum atomic E-state index is -0.624. The van der Waals surface area contributed by atoms with Gasteiger partial charge in [0.25, 0.3) is 0 Å². The summed E-state index contributed by atoms with van der Waals surface area (Å²) in [6.45, 7) is 4.46. The molecule has 1 heterocycles. The third-order valence-corrected chi connectivity index (χ3v) is 3.56. The van der Waals surface area contributed by atoms with Crippen LogP contribution in [0.25, 0.3) is 0 Å². The molecule has 0 radical (unpaired) electrons. The van der Waals surface area contributed by atoms with Gasteiger partial charge in [0.05, 0.1) is 12.4 Å². The van der Waals surface area contributed by atoms with Crippen LogP contribution in [0.5, 0.6) is 0 Å². The van der Waals surface area contributed by atoms with Crippen molar-refractivity contribution in [1.82, 2.24) is 0 Å². The van der Waals surface area contributed by atoms with Crippen LogP contribution < -0.4 is 5.73 Å². The molecule has 0 saturated carbocycles. The molecule has 3 N–H and O–H groups in total. The summed E-state index contributed by atoms with van der Waals surface area (Å²) in [5, 5.41) is 10.6. The topological polar surface area (TPSA) is 59.4 Å². The molecule has 1 aromatic carbocycles. The van der Waals surface area contributed by atoms with Gasteiger partial charge in [-0.15, -0.1) is 0 Å². The summed E-state index contributed by atoms with van der Waals surface area (Å²) in [6, 6.07) is 9.98. The average molecular weight is 259 g/mol. The summed E-state index contributed by atoms with van der Waals surface area (Å²) in [7, 11) is 0. The van der Waals surface area contributed by atoms with Crippen LogP contribution in [0.4, 0.5) is 0 Å². The Morgan fingerprint density at radius 1 is 1.21 bits per heavy atom. The van der Waals surface area contributed by atoms with E-state index in [0.29, 0.717) is 6.54 Å². The van der Waals surface area contributed by atoms with Crippen LogP contribution in [-0.2, 0) is 6.42 Å². The first-order chi connectivity index (χ1) is 9.17. The van der Waals surface area contributed by atoms with E-state index >= 15 is 0 Å². The summed E-state index contributed by atoms with van der Waals surface area (Å²) in [5.41, 5.74) is 8.96. The van der Waals surface area contributed by atoms with Crippen LogP contribution in [0.2, 0.25) is 0 Å². The molecular weight excluding hydrogens is 238 g/mol. The molecule has 19 heavy (non-hydrogen) atoms. The SMILES string of the molecule is CCc1occc1C(O)C(CN)c1ccc(C)cc1. The van der Waals surface area contributed by atoms with Gasteiger partial charge >= 0.3 is 0 Å². The Morgan fingerprint density at radius 2 is 1.89 bits per heavy atom. The molecule has 1 aromatic heterocycles. The zero-order valence-corrected chi connectivity index (χ0v) is 11.5. The maximum atomic E-state index is 10.6.